The van der Waals surface area contributed by atoms with Gasteiger partial charge < -0.3 is 10.5 Å². The van der Waals surface area contributed by atoms with Crippen LogP contribution in [0.1, 0.15) is 31.4 Å². The maximum atomic E-state index is 13.0. The molecule has 0 amide bonds. The Balaban J connectivity index is 1.75. The maximum absolute atomic E-state index is 13.0. The third kappa shape index (κ3) is 3.24. The molecule has 1 fully saturated rings. The highest BCUT2D eigenvalue weighted by atomic mass is 19.1. The van der Waals surface area contributed by atoms with Gasteiger partial charge in [0.05, 0.1) is 6.10 Å². The Morgan fingerprint density at radius 3 is 2.81 bits per heavy atom. The van der Waals surface area contributed by atoms with Crippen LogP contribution in [-0.2, 0) is 11.2 Å². The number of rotatable bonds is 4. The van der Waals surface area contributed by atoms with E-state index in [0.717, 1.165) is 49.1 Å². The normalized spacial score (nSPS) is 18.8. The molecule has 5 heteroatoms. The molecule has 1 saturated heterocycles. The lowest BCUT2D eigenvalue weighted by atomic mass is 9.99. The van der Waals surface area contributed by atoms with Gasteiger partial charge in [0.1, 0.15) is 5.82 Å². The average molecular weight is 289 g/mol. The van der Waals surface area contributed by atoms with Gasteiger partial charge in [0.2, 0.25) is 0 Å². The van der Waals surface area contributed by atoms with Crippen LogP contribution < -0.4 is 5.73 Å². The lowest BCUT2D eigenvalue weighted by Gasteiger charge is -2.22. The van der Waals surface area contributed by atoms with E-state index < -0.39 is 0 Å². The van der Waals surface area contributed by atoms with Crippen LogP contribution in [0.2, 0.25) is 0 Å². The highest BCUT2D eigenvalue weighted by molar-refractivity contribution is 5.76. The molecule has 1 atom stereocenters. The van der Waals surface area contributed by atoms with Crippen molar-refractivity contribution in [2.45, 2.75) is 38.2 Å². The van der Waals surface area contributed by atoms with Crippen molar-refractivity contribution in [1.82, 2.24) is 10.2 Å². The predicted molar refractivity (Wildman–Crippen MR) is 80.3 cm³/mol. The molecule has 0 radical (unpaired) electrons. The highest BCUT2D eigenvalue weighted by Crippen LogP contribution is 2.29. The zero-order valence-corrected chi connectivity index (χ0v) is 11.9. The Bertz CT molecular complexity index is 588. The second-order valence-electron chi connectivity index (χ2n) is 5.50. The Morgan fingerprint density at radius 1 is 1.29 bits per heavy atom. The van der Waals surface area contributed by atoms with E-state index in [0.29, 0.717) is 11.9 Å². The zero-order chi connectivity index (χ0) is 14.7. The zero-order valence-electron chi connectivity index (χ0n) is 11.9. The van der Waals surface area contributed by atoms with Crippen molar-refractivity contribution >= 4 is 5.82 Å². The number of aromatic nitrogens is 2. The highest BCUT2D eigenvalue weighted by Gasteiger charge is 2.17. The fourth-order valence-corrected chi connectivity index (χ4v) is 2.85. The van der Waals surface area contributed by atoms with Crippen LogP contribution in [0.3, 0.4) is 0 Å². The second-order valence-corrected chi connectivity index (χ2v) is 5.50. The molecule has 3 rings (SSSR count). The molecule has 112 valence electrons. The van der Waals surface area contributed by atoms with E-state index >= 15 is 0 Å². The number of nitrogens with one attached hydrogen (secondary N) is 1. The van der Waals surface area contributed by atoms with Crippen LogP contribution in [0.5, 0.6) is 0 Å². The minimum absolute atomic E-state index is 0.252. The number of nitrogen functional groups attached to an aromatic ring is 1. The molecule has 1 unspecified atom stereocenters. The molecule has 2 heterocycles. The lowest BCUT2D eigenvalue weighted by Crippen LogP contribution is -2.19. The first-order chi connectivity index (χ1) is 10.2. The fourth-order valence-electron chi connectivity index (χ4n) is 2.85. The summed E-state index contributed by atoms with van der Waals surface area (Å²) in [4.78, 5) is 0. The molecule has 3 N–H and O–H groups in total. The van der Waals surface area contributed by atoms with Gasteiger partial charge in [0.15, 0.2) is 5.82 Å². The Hall–Kier alpha value is -1.88. The minimum atomic E-state index is -0.252. The molecule has 1 aromatic heterocycles. The largest absolute Gasteiger partial charge is 0.382 e. The molecule has 4 nitrogen and oxygen atoms in total. The van der Waals surface area contributed by atoms with Gasteiger partial charge in [-0.25, -0.2) is 4.39 Å². The van der Waals surface area contributed by atoms with Crippen LogP contribution >= 0.6 is 0 Å². The fraction of sp³-hybridized carbons (Fsp3) is 0.438. The van der Waals surface area contributed by atoms with Crippen molar-refractivity contribution in [2.24, 2.45) is 0 Å². The summed E-state index contributed by atoms with van der Waals surface area (Å²) >= 11 is 0. The monoisotopic (exact) mass is 289 g/mol. The third-order valence-electron chi connectivity index (χ3n) is 3.99. The van der Waals surface area contributed by atoms with Crippen LogP contribution in [-0.4, -0.2) is 22.9 Å². The van der Waals surface area contributed by atoms with E-state index in [4.69, 9.17) is 10.5 Å². The Morgan fingerprint density at radius 2 is 2.10 bits per heavy atom. The van der Waals surface area contributed by atoms with E-state index in [1.165, 1.54) is 18.6 Å². The topological polar surface area (TPSA) is 63.9 Å². The molecule has 1 aliphatic rings. The lowest BCUT2D eigenvalue weighted by molar-refractivity contribution is 0.0114. The first-order valence-corrected chi connectivity index (χ1v) is 7.44. The van der Waals surface area contributed by atoms with Crippen LogP contribution in [0.15, 0.2) is 24.3 Å². The van der Waals surface area contributed by atoms with Gasteiger partial charge in [-0.15, -0.1) is 0 Å². The summed E-state index contributed by atoms with van der Waals surface area (Å²) in [7, 11) is 0. The number of halogens is 1. The number of nitrogens with two attached hydrogens (primary N) is 1. The number of aryl methyl sites for hydroxylation is 1. The van der Waals surface area contributed by atoms with Crippen LogP contribution in [0.25, 0.3) is 11.1 Å². The number of hydrogen-bond acceptors (Lipinski definition) is 3. The van der Waals surface area contributed by atoms with Crippen molar-refractivity contribution in [3.05, 3.63) is 35.8 Å². The second kappa shape index (κ2) is 6.26. The maximum Gasteiger partial charge on any atom is 0.153 e. The number of nitrogens with zero attached hydrogens (tertiary/aromatic N) is 1. The van der Waals surface area contributed by atoms with Gasteiger partial charge in [-0.05, 0) is 49.8 Å². The summed E-state index contributed by atoms with van der Waals surface area (Å²) in [5.74, 6) is 0.208. The van der Waals surface area contributed by atoms with Crippen LogP contribution in [0, 0.1) is 5.82 Å². The molecule has 0 aliphatic carbocycles. The molecule has 1 aromatic carbocycles. The minimum Gasteiger partial charge on any atom is -0.382 e. The smallest absolute Gasteiger partial charge is 0.153 e. The van der Waals surface area contributed by atoms with Crippen molar-refractivity contribution < 1.29 is 9.13 Å². The number of benzene rings is 1. The number of hydrogen-bond donors (Lipinski definition) is 2. The van der Waals surface area contributed by atoms with Crippen molar-refractivity contribution in [1.29, 1.82) is 0 Å². The van der Waals surface area contributed by atoms with Gasteiger partial charge >= 0.3 is 0 Å². The third-order valence-corrected chi connectivity index (χ3v) is 3.99. The first-order valence-electron chi connectivity index (χ1n) is 7.44. The van der Waals surface area contributed by atoms with Gasteiger partial charge in [0.25, 0.3) is 0 Å². The van der Waals surface area contributed by atoms with Crippen molar-refractivity contribution in [2.75, 3.05) is 12.3 Å². The number of anilines is 1. The molecule has 2 aromatic rings. The summed E-state index contributed by atoms with van der Waals surface area (Å²) < 4.78 is 18.8. The average Bonchev–Trinajstić information content (AvgIpc) is 2.88. The number of H-pyrrole nitrogens is 1. The van der Waals surface area contributed by atoms with E-state index in [1.54, 1.807) is 12.1 Å². The quantitative estimate of drug-likeness (QED) is 0.907. The summed E-state index contributed by atoms with van der Waals surface area (Å²) in [5.41, 5.74) is 8.72. The predicted octanol–water partition coefficient (Wildman–Crippen LogP) is 3.30. The van der Waals surface area contributed by atoms with Gasteiger partial charge in [0, 0.05) is 17.9 Å². The summed E-state index contributed by atoms with van der Waals surface area (Å²) in [6.45, 7) is 0.862. The Labute approximate surface area is 123 Å². The standard InChI is InChI=1S/C16H20FN3O/c17-12-6-4-11(5-7-12)15-14(19-20-16(15)18)9-8-13-3-1-2-10-21-13/h4-7,13H,1-3,8-10H2,(H3,18,19,20). The molecular formula is C16H20FN3O. The Kier molecular flexibility index (Phi) is 4.20. The van der Waals surface area contributed by atoms with E-state index in [1.807, 2.05) is 0 Å². The molecule has 1 aliphatic heterocycles. The summed E-state index contributed by atoms with van der Waals surface area (Å²) in [6.07, 6.45) is 5.63. The van der Waals surface area contributed by atoms with Crippen molar-refractivity contribution in [3.63, 3.8) is 0 Å². The van der Waals surface area contributed by atoms with Crippen LogP contribution in [0.4, 0.5) is 10.2 Å². The first kappa shape index (κ1) is 14.1. The van der Waals surface area contributed by atoms with Gasteiger partial charge in [-0.2, -0.15) is 5.10 Å². The number of ether oxygens (including phenoxy) is 1. The van der Waals surface area contributed by atoms with Gasteiger partial charge in [-0.1, -0.05) is 12.1 Å². The molecule has 0 saturated carbocycles. The summed E-state index contributed by atoms with van der Waals surface area (Å²) in [6, 6.07) is 6.35. The van der Waals surface area contributed by atoms with E-state index in [-0.39, 0.29) is 5.82 Å². The van der Waals surface area contributed by atoms with E-state index in [2.05, 4.69) is 10.2 Å². The van der Waals surface area contributed by atoms with Gasteiger partial charge in [-0.3, -0.25) is 5.10 Å². The molecule has 21 heavy (non-hydrogen) atoms. The summed E-state index contributed by atoms with van der Waals surface area (Å²) in [5, 5.41) is 7.10. The molecule has 0 spiro atoms. The van der Waals surface area contributed by atoms with Crippen molar-refractivity contribution in [3.8, 4) is 11.1 Å². The SMILES string of the molecule is Nc1n[nH]c(CCC2CCCCO2)c1-c1ccc(F)cc1. The number of aromatic amines is 1. The molecular weight excluding hydrogens is 269 g/mol. The molecule has 0 bridgehead atoms. The van der Waals surface area contributed by atoms with E-state index in [9.17, 15) is 4.39 Å².